The van der Waals surface area contributed by atoms with Crippen molar-refractivity contribution in [2.45, 2.75) is 44.9 Å². The summed E-state index contributed by atoms with van der Waals surface area (Å²) < 4.78 is 36.0. The standard InChI is InChI=1S/C15H21F3N2/c1-11-4-2-5-12-9-20-13(8-14(11)12)10-19-7-3-6-15(16,17)18/h2,4-5,13,19-20H,3,6-10H2,1H3/t13-/m1/s1. The lowest BCUT2D eigenvalue weighted by atomic mass is 9.92. The van der Waals surface area contributed by atoms with Gasteiger partial charge in [0.25, 0.3) is 0 Å². The quantitative estimate of drug-likeness (QED) is 0.813. The molecule has 0 amide bonds. The van der Waals surface area contributed by atoms with Gasteiger partial charge in [0.15, 0.2) is 0 Å². The Balaban J connectivity index is 1.73. The van der Waals surface area contributed by atoms with Crippen LogP contribution in [0.15, 0.2) is 18.2 Å². The Bertz CT molecular complexity index is 443. The Kier molecular flexibility index (Phi) is 5.05. The summed E-state index contributed by atoms with van der Waals surface area (Å²) in [5.74, 6) is 0. The van der Waals surface area contributed by atoms with Gasteiger partial charge in [-0.1, -0.05) is 18.2 Å². The van der Waals surface area contributed by atoms with E-state index in [1.165, 1.54) is 16.7 Å². The fourth-order valence-electron chi connectivity index (χ4n) is 2.63. The zero-order valence-electron chi connectivity index (χ0n) is 11.7. The van der Waals surface area contributed by atoms with E-state index in [1.807, 2.05) is 0 Å². The monoisotopic (exact) mass is 286 g/mol. The fourth-order valence-corrected chi connectivity index (χ4v) is 2.63. The van der Waals surface area contributed by atoms with Crippen LogP contribution >= 0.6 is 0 Å². The van der Waals surface area contributed by atoms with Crippen molar-refractivity contribution in [3.8, 4) is 0 Å². The summed E-state index contributed by atoms with van der Waals surface area (Å²) in [6.45, 7) is 4.08. The molecule has 0 fully saturated rings. The van der Waals surface area contributed by atoms with Crippen LogP contribution in [-0.4, -0.2) is 25.3 Å². The van der Waals surface area contributed by atoms with E-state index in [2.05, 4.69) is 35.8 Å². The van der Waals surface area contributed by atoms with Crippen molar-refractivity contribution in [2.24, 2.45) is 0 Å². The SMILES string of the molecule is Cc1cccc2c1C[C@H](CNCCCC(F)(F)F)NC2. The molecule has 1 atom stereocenters. The molecular weight excluding hydrogens is 265 g/mol. The molecule has 0 aromatic heterocycles. The molecule has 1 aromatic carbocycles. The topological polar surface area (TPSA) is 24.1 Å². The Labute approximate surface area is 117 Å². The van der Waals surface area contributed by atoms with E-state index in [9.17, 15) is 13.2 Å². The van der Waals surface area contributed by atoms with Crippen LogP contribution in [0.4, 0.5) is 13.2 Å². The molecule has 2 N–H and O–H groups in total. The number of fused-ring (bicyclic) bond motifs is 1. The van der Waals surface area contributed by atoms with Crippen LogP contribution in [-0.2, 0) is 13.0 Å². The predicted molar refractivity (Wildman–Crippen MR) is 73.7 cm³/mol. The maximum absolute atomic E-state index is 12.0. The largest absolute Gasteiger partial charge is 0.389 e. The summed E-state index contributed by atoms with van der Waals surface area (Å²) in [6, 6.07) is 6.60. The normalized spacial score (nSPS) is 18.9. The van der Waals surface area contributed by atoms with Crippen molar-refractivity contribution in [2.75, 3.05) is 13.1 Å². The third-order valence-corrected chi connectivity index (χ3v) is 3.74. The number of aryl methyl sites for hydroxylation is 1. The van der Waals surface area contributed by atoms with E-state index in [1.54, 1.807) is 0 Å². The van der Waals surface area contributed by atoms with Crippen molar-refractivity contribution in [3.05, 3.63) is 34.9 Å². The third kappa shape index (κ3) is 4.49. The minimum Gasteiger partial charge on any atom is -0.315 e. The number of alkyl halides is 3. The van der Waals surface area contributed by atoms with Gasteiger partial charge in [-0.05, 0) is 43.0 Å². The van der Waals surface area contributed by atoms with Crippen LogP contribution < -0.4 is 10.6 Å². The van der Waals surface area contributed by atoms with Crippen LogP contribution in [0.25, 0.3) is 0 Å². The molecule has 0 spiro atoms. The second-order valence-corrected chi connectivity index (χ2v) is 5.42. The fraction of sp³-hybridized carbons (Fsp3) is 0.600. The molecule has 1 heterocycles. The lowest BCUT2D eigenvalue weighted by Crippen LogP contribution is -2.43. The first-order valence-electron chi connectivity index (χ1n) is 7.04. The maximum Gasteiger partial charge on any atom is 0.389 e. The Hall–Kier alpha value is -1.07. The Morgan fingerprint density at radius 1 is 1.35 bits per heavy atom. The van der Waals surface area contributed by atoms with Crippen molar-refractivity contribution >= 4 is 0 Å². The van der Waals surface area contributed by atoms with Crippen molar-refractivity contribution < 1.29 is 13.2 Å². The van der Waals surface area contributed by atoms with Crippen molar-refractivity contribution in [1.82, 2.24) is 10.6 Å². The van der Waals surface area contributed by atoms with Gasteiger partial charge in [-0.3, -0.25) is 0 Å². The van der Waals surface area contributed by atoms with Crippen molar-refractivity contribution in [3.63, 3.8) is 0 Å². The number of hydrogen-bond donors (Lipinski definition) is 2. The summed E-state index contributed by atoms with van der Waals surface area (Å²) in [6.07, 6.45) is -3.67. The van der Waals surface area contributed by atoms with E-state index in [0.717, 1.165) is 13.0 Å². The summed E-state index contributed by atoms with van der Waals surface area (Å²) >= 11 is 0. The van der Waals surface area contributed by atoms with Gasteiger partial charge in [0.2, 0.25) is 0 Å². The molecule has 2 rings (SSSR count). The van der Waals surface area contributed by atoms with E-state index >= 15 is 0 Å². The summed E-state index contributed by atoms with van der Waals surface area (Å²) in [7, 11) is 0. The highest BCUT2D eigenvalue weighted by Crippen LogP contribution is 2.21. The number of rotatable bonds is 5. The molecule has 20 heavy (non-hydrogen) atoms. The molecule has 0 saturated heterocycles. The van der Waals surface area contributed by atoms with Crippen LogP contribution in [0.3, 0.4) is 0 Å². The van der Waals surface area contributed by atoms with Gasteiger partial charge >= 0.3 is 6.18 Å². The number of nitrogens with one attached hydrogen (secondary N) is 2. The number of benzene rings is 1. The average Bonchev–Trinajstić information content (AvgIpc) is 2.38. The highest BCUT2D eigenvalue weighted by atomic mass is 19.4. The van der Waals surface area contributed by atoms with E-state index < -0.39 is 12.6 Å². The number of halogens is 3. The van der Waals surface area contributed by atoms with Crippen LogP contribution in [0.1, 0.15) is 29.5 Å². The first kappa shape index (κ1) is 15.3. The zero-order chi connectivity index (χ0) is 14.6. The lowest BCUT2D eigenvalue weighted by molar-refractivity contribution is -0.135. The molecule has 0 bridgehead atoms. The molecule has 112 valence electrons. The summed E-state index contributed by atoms with van der Waals surface area (Å²) in [5.41, 5.74) is 4.01. The minimum atomic E-state index is -4.04. The minimum absolute atomic E-state index is 0.145. The second-order valence-electron chi connectivity index (χ2n) is 5.42. The van der Waals surface area contributed by atoms with Gasteiger partial charge in [-0.25, -0.2) is 0 Å². The molecule has 5 heteroatoms. The third-order valence-electron chi connectivity index (χ3n) is 3.74. The van der Waals surface area contributed by atoms with Crippen LogP contribution in [0.5, 0.6) is 0 Å². The van der Waals surface area contributed by atoms with Gasteiger partial charge in [-0.2, -0.15) is 13.2 Å². The lowest BCUT2D eigenvalue weighted by Gasteiger charge is -2.27. The smallest absolute Gasteiger partial charge is 0.315 e. The molecule has 1 aliphatic heterocycles. The molecule has 0 saturated carbocycles. The molecule has 0 unspecified atom stereocenters. The van der Waals surface area contributed by atoms with Gasteiger partial charge in [0.05, 0.1) is 0 Å². The van der Waals surface area contributed by atoms with Crippen molar-refractivity contribution in [1.29, 1.82) is 0 Å². The van der Waals surface area contributed by atoms with Gasteiger partial charge in [-0.15, -0.1) is 0 Å². The van der Waals surface area contributed by atoms with Gasteiger partial charge in [0.1, 0.15) is 0 Å². The zero-order valence-corrected chi connectivity index (χ0v) is 11.7. The van der Waals surface area contributed by atoms with Crippen LogP contribution in [0.2, 0.25) is 0 Å². The second kappa shape index (κ2) is 6.59. The maximum atomic E-state index is 12.0. The Morgan fingerprint density at radius 3 is 2.90 bits per heavy atom. The number of hydrogen-bond acceptors (Lipinski definition) is 2. The molecule has 2 nitrogen and oxygen atoms in total. The van der Waals surface area contributed by atoms with Crippen LogP contribution in [0, 0.1) is 6.92 Å². The van der Waals surface area contributed by atoms with Gasteiger partial charge < -0.3 is 10.6 Å². The van der Waals surface area contributed by atoms with Gasteiger partial charge in [0, 0.05) is 25.6 Å². The highest BCUT2D eigenvalue weighted by molar-refractivity contribution is 5.36. The summed E-state index contributed by atoms with van der Waals surface area (Å²) in [5, 5.41) is 6.54. The average molecular weight is 286 g/mol. The molecule has 0 aliphatic carbocycles. The summed E-state index contributed by atoms with van der Waals surface area (Å²) in [4.78, 5) is 0. The molecule has 1 aliphatic rings. The molecule has 1 aromatic rings. The Morgan fingerprint density at radius 2 is 2.15 bits per heavy atom. The first-order chi connectivity index (χ1) is 9.46. The van der Waals surface area contributed by atoms with E-state index in [-0.39, 0.29) is 6.42 Å². The van der Waals surface area contributed by atoms with E-state index in [4.69, 9.17) is 0 Å². The van der Waals surface area contributed by atoms with E-state index in [0.29, 0.717) is 19.1 Å². The predicted octanol–water partition coefficient (Wildman–Crippen LogP) is 2.94. The molecular formula is C15H21F3N2. The molecule has 0 radical (unpaired) electrons. The highest BCUT2D eigenvalue weighted by Gasteiger charge is 2.26. The first-order valence-corrected chi connectivity index (χ1v) is 7.04.